The largest absolute Gasteiger partial charge is 1.00 e. The minimum absolute atomic E-state index is 0. The number of carbonyl (C=O) groups is 1. The van der Waals surface area contributed by atoms with Gasteiger partial charge in [-0.3, -0.25) is 4.79 Å². The standard InChI is InChI=1S/C24H28Cl2N2O2.HI/c1-28(12-9-17(10-13-28)19-4-7-21(25)22(26)15-19)11-2-14-30-20-6-3-18-5-8-24(29)27-23(18)16-20;/h3-4,6-7,15-17H,2,5,8-14H2,1H3;1H. The van der Waals surface area contributed by atoms with Crippen molar-refractivity contribution in [2.24, 2.45) is 0 Å². The molecule has 0 bridgehead atoms. The van der Waals surface area contributed by atoms with E-state index in [1.807, 2.05) is 24.3 Å². The number of benzene rings is 2. The molecule has 7 heteroatoms. The molecule has 0 aliphatic carbocycles. The molecule has 4 nitrogen and oxygen atoms in total. The lowest BCUT2D eigenvalue weighted by Crippen LogP contribution is -3.00. The van der Waals surface area contributed by atoms with Crippen molar-refractivity contribution in [3.8, 4) is 5.75 Å². The molecule has 1 N–H and O–H groups in total. The van der Waals surface area contributed by atoms with E-state index in [2.05, 4.69) is 24.5 Å². The summed E-state index contributed by atoms with van der Waals surface area (Å²) >= 11 is 12.3. The second-order valence-electron chi connectivity index (χ2n) is 8.81. The highest BCUT2D eigenvalue weighted by Gasteiger charge is 2.30. The molecule has 0 radical (unpaired) electrons. The van der Waals surface area contributed by atoms with Crippen LogP contribution in [0.5, 0.6) is 5.75 Å². The maximum Gasteiger partial charge on any atom is 0.224 e. The average molecular weight is 575 g/mol. The third kappa shape index (κ3) is 6.28. The van der Waals surface area contributed by atoms with Gasteiger partial charge in [0.05, 0.1) is 43.3 Å². The Bertz CT molecular complexity index is 930. The van der Waals surface area contributed by atoms with Crippen molar-refractivity contribution in [3.05, 3.63) is 57.6 Å². The highest BCUT2D eigenvalue weighted by atomic mass is 127. The molecule has 0 spiro atoms. The predicted molar refractivity (Wildman–Crippen MR) is 123 cm³/mol. The van der Waals surface area contributed by atoms with E-state index in [1.54, 1.807) is 0 Å². The minimum Gasteiger partial charge on any atom is -1.00 e. The number of nitrogens with zero attached hydrogens (tertiary/aromatic N) is 1. The van der Waals surface area contributed by atoms with Crippen molar-refractivity contribution >= 4 is 34.8 Å². The topological polar surface area (TPSA) is 38.3 Å². The van der Waals surface area contributed by atoms with Crippen LogP contribution in [0.25, 0.3) is 0 Å². The lowest BCUT2D eigenvalue weighted by Gasteiger charge is -2.41. The third-order valence-electron chi connectivity index (χ3n) is 6.54. The maximum absolute atomic E-state index is 11.6. The zero-order chi connectivity index (χ0) is 21.1. The van der Waals surface area contributed by atoms with E-state index in [0.29, 0.717) is 29.0 Å². The number of likely N-dealkylation sites (tertiary alicyclic amines) is 1. The van der Waals surface area contributed by atoms with Crippen LogP contribution >= 0.6 is 23.2 Å². The Morgan fingerprint density at radius 1 is 1.06 bits per heavy atom. The number of piperidine rings is 1. The van der Waals surface area contributed by atoms with E-state index in [9.17, 15) is 4.79 Å². The van der Waals surface area contributed by atoms with Crippen LogP contribution in [0.4, 0.5) is 5.69 Å². The number of halogens is 3. The van der Waals surface area contributed by atoms with Gasteiger partial charge in [0, 0.05) is 37.4 Å². The number of nitrogens with one attached hydrogen (secondary N) is 1. The smallest absolute Gasteiger partial charge is 0.224 e. The van der Waals surface area contributed by atoms with E-state index >= 15 is 0 Å². The van der Waals surface area contributed by atoms with Gasteiger partial charge in [0.2, 0.25) is 5.91 Å². The lowest BCUT2D eigenvalue weighted by molar-refractivity contribution is -0.914. The Hall–Kier alpha value is -1.02. The molecule has 1 amide bonds. The summed E-state index contributed by atoms with van der Waals surface area (Å²) in [6.07, 6.45) is 4.72. The molecule has 2 aromatic carbocycles. The number of hydrogen-bond donors (Lipinski definition) is 1. The molecular formula is C24H29Cl2IN2O2. The van der Waals surface area contributed by atoms with Gasteiger partial charge in [-0.25, -0.2) is 0 Å². The molecular weight excluding hydrogens is 546 g/mol. The van der Waals surface area contributed by atoms with Gasteiger partial charge >= 0.3 is 0 Å². The summed E-state index contributed by atoms with van der Waals surface area (Å²) in [6, 6.07) is 12.1. The van der Waals surface area contributed by atoms with Crippen LogP contribution in [0, 0.1) is 0 Å². The summed E-state index contributed by atoms with van der Waals surface area (Å²) in [6.45, 7) is 4.12. The van der Waals surface area contributed by atoms with Crippen molar-refractivity contribution in [2.75, 3.05) is 38.6 Å². The Morgan fingerprint density at radius 3 is 2.58 bits per heavy atom. The van der Waals surface area contributed by atoms with Gasteiger partial charge in [-0.2, -0.15) is 0 Å². The minimum atomic E-state index is 0. The van der Waals surface area contributed by atoms with Gasteiger partial charge in [0.1, 0.15) is 5.75 Å². The summed E-state index contributed by atoms with van der Waals surface area (Å²) in [5.74, 6) is 1.48. The molecule has 31 heavy (non-hydrogen) atoms. The fourth-order valence-corrected chi connectivity index (χ4v) is 4.90. The van der Waals surface area contributed by atoms with Crippen molar-refractivity contribution < 1.29 is 38.0 Å². The summed E-state index contributed by atoms with van der Waals surface area (Å²) in [7, 11) is 2.35. The Morgan fingerprint density at radius 2 is 1.84 bits per heavy atom. The highest BCUT2D eigenvalue weighted by molar-refractivity contribution is 6.42. The normalized spacial score (nSPS) is 22.8. The van der Waals surface area contributed by atoms with Crippen molar-refractivity contribution in [1.82, 2.24) is 0 Å². The van der Waals surface area contributed by atoms with Gasteiger partial charge in [0.15, 0.2) is 0 Å². The third-order valence-corrected chi connectivity index (χ3v) is 7.28. The first-order valence-electron chi connectivity index (χ1n) is 10.8. The van der Waals surface area contributed by atoms with E-state index in [0.717, 1.165) is 48.4 Å². The van der Waals surface area contributed by atoms with Gasteiger partial charge < -0.3 is 38.5 Å². The SMILES string of the molecule is C[N+]1(CCCOc2ccc3c(c2)NC(=O)CC3)CCC(c2ccc(Cl)c(Cl)c2)CC1.[I-]. The van der Waals surface area contributed by atoms with Gasteiger partial charge in [-0.1, -0.05) is 35.3 Å². The fourth-order valence-electron chi connectivity index (χ4n) is 4.59. The number of quaternary nitrogens is 1. The molecule has 4 rings (SSSR count). The monoisotopic (exact) mass is 574 g/mol. The molecule has 0 unspecified atom stereocenters. The van der Waals surface area contributed by atoms with Crippen molar-refractivity contribution in [1.29, 1.82) is 0 Å². The first kappa shape index (κ1) is 24.6. The first-order chi connectivity index (χ1) is 14.4. The van der Waals surface area contributed by atoms with Gasteiger partial charge in [0.25, 0.3) is 0 Å². The van der Waals surface area contributed by atoms with Crippen LogP contribution in [0.1, 0.15) is 42.7 Å². The highest BCUT2D eigenvalue weighted by Crippen LogP contribution is 2.34. The molecule has 2 aliphatic heterocycles. The van der Waals surface area contributed by atoms with Crippen LogP contribution in [0.3, 0.4) is 0 Å². The van der Waals surface area contributed by atoms with E-state index in [1.165, 1.54) is 24.0 Å². The van der Waals surface area contributed by atoms with Crippen molar-refractivity contribution in [3.63, 3.8) is 0 Å². The number of amides is 1. The molecule has 1 saturated heterocycles. The fraction of sp³-hybridized carbons (Fsp3) is 0.458. The summed E-state index contributed by atoms with van der Waals surface area (Å²) < 4.78 is 7.05. The number of ether oxygens (including phenoxy) is 1. The summed E-state index contributed by atoms with van der Waals surface area (Å²) in [4.78, 5) is 11.6. The van der Waals surface area contributed by atoms with E-state index in [-0.39, 0.29) is 29.9 Å². The summed E-state index contributed by atoms with van der Waals surface area (Å²) in [5, 5.41) is 4.21. The summed E-state index contributed by atoms with van der Waals surface area (Å²) in [5.41, 5.74) is 3.38. The number of carbonyl (C=O) groups excluding carboxylic acids is 1. The number of anilines is 1. The molecule has 1 fully saturated rings. The Balaban J connectivity index is 0.00000272. The second kappa shape index (κ2) is 10.7. The first-order valence-corrected chi connectivity index (χ1v) is 11.5. The van der Waals surface area contributed by atoms with Crippen LogP contribution in [0.2, 0.25) is 10.0 Å². The van der Waals surface area contributed by atoms with Gasteiger partial charge in [-0.15, -0.1) is 0 Å². The Labute approximate surface area is 211 Å². The van der Waals surface area contributed by atoms with Crippen LogP contribution < -0.4 is 34.0 Å². The predicted octanol–water partition coefficient (Wildman–Crippen LogP) is 2.68. The second-order valence-corrected chi connectivity index (χ2v) is 9.62. The quantitative estimate of drug-likeness (QED) is 0.327. The van der Waals surface area contributed by atoms with E-state index in [4.69, 9.17) is 27.9 Å². The molecule has 0 aromatic heterocycles. The number of fused-ring (bicyclic) bond motifs is 1. The molecule has 0 saturated carbocycles. The molecule has 0 atom stereocenters. The van der Waals surface area contributed by atoms with Crippen LogP contribution in [0.15, 0.2) is 36.4 Å². The Kier molecular flexibility index (Phi) is 8.52. The molecule has 2 aromatic rings. The molecule has 168 valence electrons. The van der Waals surface area contributed by atoms with Crippen LogP contribution in [-0.4, -0.2) is 43.7 Å². The zero-order valence-corrected chi connectivity index (χ0v) is 21.5. The van der Waals surface area contributed by atoms with E-state index < -0.39 is 0 Å². The van der Waals surface area contributed by atoms with Gasteiger partial charge in [-0.05, 0) is 41.7 Å². The lowest BCUT2D eigenvalue weighted by atomic mass is 9.88. The average Bonchev–Trinajstić information content (AvgIpc) is 2.73. The zero-order valence-electron chi connectivity index (χ0n) is 17.8. The number of hydrogen-bond acceptors (Lipinski definition) is 2. The molecule has 2 aliphatic rings. The number of aryl methyl sites for hydroxylation is 1. The number of rotatable bonds is 6. The maximum atomic E-state index is 11.6. The van der Waals surface area contributed by atoms with Crippen molar-refractivity contribution in [2.45, 2.75) is 38.0 Å². The van der Waals surface area contributed by atoms with Crippen LogP contribution in [-0.2, 0) is 11.2 Å². The molecule has 2 heterocycles.